The average molecular weight is 339 g/mol. The Kier molecular flexibility index (Phi) is 4.95. The third kappa shape index (κ3) is 3.67. The van der Waals surface area contributed by atoms with Crippen molar-refractivity contribution in [3.05, 3.63) is 42.1 Å². The number of hydrogen-bond acceptors (Lipinski definition) is 4. The summed E-state index contributed by atoms with van der Waals surface area (Å²) in [5, 5.41) is 7.77. The van der Waals surface area contributed by atoms with Gasteiger partial charge in [-0.1, -0.05) is 18.2 Å². The second-order valence-electron chi connectivity index (χ2n) is 7.13. The lowest BCUT2D eigenvalue weighted by molar-refractivity contribution is -0.126. The van der Waals surface area contributed by atoms with E-state index in [9.17, 15) is 4.79 Å². The maximum absolute atomic E-state index is 12.6. The summed E-state index contributed by atoms with van der Waals surface area (Å²) in [6, 6.07) is 10.4. The van der Waals surface area contributed by atoms with Gasteiger partial charge in [0, 0.05) is 23.4 Å². The van der Waals surface area contributed by atoms with Crippen LogP contribution in [0.15, 0.2) is 36.5 Å². The summed E-state index contributed by atoms with van der Waals surface area (Å²) in [5.41, 5.74) is 2.30. The number of ether oxygens (including phenoxy) is 1. The first kappa shape index (κ1) is 16.5. The molecule has 2 aliphatic heterocycles. The molecule has 5 nitrogen and oxygen atoms in total. The van der Waals surface area contributed by atoms with Gasteiger partial charge in [0.15, 0.2) is 0 Å². The maximum atomic E-state index is 12.6. The molecule has 25 heavy (non-hydrogen) atoms. The van der Waals surface area contributed by atoms with E-state index in [1.807, 2.05) is 18.3 Å². The van der Waals surface area contributed by atoms with Crippen LogP contribution in [0.5, 0.6) is 0 Å². The Labute approximate surface area is 148 Å². The SMILES string of the molecule is O=C(N[C@@H]1COC[C@H]1Cc1ccnc2ccccc12)C1CCNCC1. The van der Waals surface area contributed by atoms with E-state index in [1.165, 1.54) is 10.9 Å². The van der Waals surface area contributed by atoms with E-state index in [-0.39, 0.29) is 17.9 Å². The molecular formula is C20H25N3O2. The lowest BCUT2D eigenvalue weighted by Crippen LogP contribution is -2.45. The second kappa shape index (κ2) is 7.50. The molecule has 2 aliphatic rings. The Morgan fingerprint density at radius 2 is 2.04 bits per heavy atom. The first-order valence-electron chi connectivity index (χ1n) is 9.23. The molecule has 2 fully saturated rings. The first-order valence-corrected chi connectivity index (χ1v) is 9.23. The standard InChI is InChI=1S/C20H25N3O2/c24-20(14-5-8-21-9-6-14)23-19-13-25-12-16(19)11-15-7-10-22-18-4-2-1-3-17(15)18/h1-4,7,10,14,16,19,21H,5-6,8-9,11-13H2,(H,23,24)/t16-,19-/m1/s1. The van der Waals surface area contributed by atoms with Crippen LogP contribution in [0.25, 0.3) is 10.9 Å². The molecule has 0 spiro atoms. The number of pyridine rings is 1. The van der Waals surface area contributed by atoms with Crippen molar-refractivity contribution in [3.8, 4) is 0 Å². The fourth-order valence-electron chi connectivity index (χ4n) is 3.96. The highest BCUT2D eigenvalue weighted by atomic mass is 16.5. The Balaban J connectivity index is 1.45. The molecule has 2 atom stereocenters. The number of carbonyl (C=O) groups excluding carboxylic acids is 1. The summed E-state index contributed by atoms with van der Waals surface area (Å²) in [4.78, 5) is 17.0. The number of rotatable bonds is 4. The van der Waals surface area contributed by atoms with Crippen LogP contribution in [-0.2, 0) is 16.0 Å². The number of amides is 1. The van der Waals surface area contributed by atoms with Gasteiger partial charge in [-0.15, -0.1) is 0 Å². The van der Waals surface area contributed by atoms with Gasteiger partial charge in [-0.2, -0.15) is 0 Å². The fourth-order valence-corrected chi connectivity index (χ4v) is 3.96. The molecule has 5 heteroatoms. The molecule has 2 aromatic rings. The lowest BCUT2D eigenvalue weighted by atomic mass is 9.91. The monoisotopic (exact) mass is 339 g/mol. The van der Waals surface area contributed by atoms with E-state index in [2.05, 4.69) is 33.8 Å². The van der Waals surface area contributed by atoms with Gasteiger partial charge < -0.3 is 15.4 Å². The number of piperidine rings is 1. The van der Waals surface area contributed by atoms with E-state index in [0.29, 0.717) is 19.1 Å². The van der Waals surface area contributed by atoms with Crippen LogP contribution in [0.1, 0.15) is 18.4 Å². The van der Waals surface area contributed by atoms with Crippen LogP contribution >= 0.6 is 0 Å². The highest BCUT2D eigenvalue weighted by Gasteiger charge is 2.32. The third-order valence-electron chi connectivity index (χ3n) is 5.46. The van der Waals surface area contributed by atoms with Crippen LogP contribution in [0, 0.1) is 11.8 Å². The molecule has 0 saturated carbocycles. The number of hydrogen-bond donors (Lipinski definition) is 2. The third-order valence-corrected chi connectivity index (χ3v) is 5.46. The molecule has 0 unspecified atom stereocenters. The topological polar surface area (TPSA) is 63.2 Å². The van der Waals surface area contributed by atoms with Crippen LogP contribution in [0.2, 0.25) is 0 Å². The molecule has 2 N–H and O–H groups in total. The maximum Gasteiger partial charge on any atom is 0.223 e. The zero-order chi connectivity index (χ0) is 17.1. The summed E-state index contributed by atoms with van der Waals surface area (Å²) in [6.45, 7) is 3.19. The molecular weight excluding hydrogens is 314 g/mol. The number of carbonyl (C=O) groups is 1. The Hall–Kier alpha value is -1.98. The molecule has 1 aromatic carbocycles. The second-order valence-corrected chi connectivity index (χ2v) is 7.13. The summed E-state index contributed by atoms with van der Waals surface area (Å²) in [5.74, 6) is 0.655. The predicted octanol–water partition coefficient (Wildman–Crippen LogP) is 1.91. The number of fused-ring (bicyclic) bond motifs is 1. The molecule has 4 rings (SSSR count). The van der Waals surface area contributed by atoms with Crippen molar-refractivity contribution in [2.24, 2.45) is 11.8 Å². The normalized spacial score (nSPS) is 24.5. The van der Waals surface area contributed by atoms with E-state index in [4.69, 9.17) is 4.74 Å². The molecule has 1 aromatic heterocycles. The minimum Gasteiger partial charge on any atom is -0.379 e. The van der Waals surface area contributed by atoms with Gasteiger partial charge in [-0.3, -0.25) is 9.78 Å². The number of benzene rings is 1. The van der Waals surface area contributed by atoms with E-state index in [0.717, 1.165) is 37.9 Å². The van der Waals surface area contributed by atoms with Crippen LogP contribution < -0.4 is 10.6 Å². The molecule has 0 aliphatic carbocycles. The van der Waals surface area contributed by atoms with Crippen LogP contribution in [-0.4, -0.2) is 43.2 Å². The van der Waals surface area contributed by atoms with Crippen molar-refractivity contribution in [2.45, 2.75) is 25.3 Å². The summed E-state index contributed by atoms with van der Waals surface area (Å²) in [7, 11) is 0. The van der Waals surface area contributed by atoms with Crippen molar-refractivity contribution >= 4 is 16.8 Å². The summed E-state index contributed by atoms with van der Waals surface area (Å²) >= 11 is 0. The van der Waals surface area contributed by atoms with Crippen molar-refractivity contribution in [1.29, 1.82) is 0 Å². The van der Waals surface area contributed by atoms with Gasteiger partial charge in [-0.05, 0) is 50.0 Å². The van der Waals surface area contributed by atoms with E-state index >= 15 is 0 Å². The van der Waals surface area contributed by atoms with E-state index in [1.54, 1.807) is 0 Å². The highest BCUT2D eigenvalue weighted by molar-refractivity contribution is 5.82. The number of para-hydroxylation sites is 1. The Morgan fingerprint density at radius 3 is 2.92 bits per heavy atom. The van der Waals surface area contributed by atoms with Gasteiger partial charge in [0.1, 0.15) is 0 Å². The Bertz CT molecular complexity index is 737. The van der Waals surface area contributed by atoms with Gasteiger partial charge >= 0.3 is 0 Å². The molecule has 132 valence electrons. The molecule has 3 heterocycles. The lowest BCUT2D eigenvalue weighted by Gasteiger charge is -2.25. The quantitative estimate of drug-likeness (QED) is 0.893. The average Bonchev–Trinajstić information content (AvgIpc) is 3.09. The minimum absolute atomic E-state index is 0.106. The van der Waals surface area contributed by atoms with Gasteiger partial charge in [-0.25, -0.2) is 0 Å². The minimum atomic E-state index is 0.106. The first-order chi connectivity index (χ1) is 12.3. The fraction of sp³-hybridized carbons (Fsp3) is 0.500. The number of nitrogens with zero attached hydrogens (tertiary/aromatic N) is 1. The van der Waals surface area contributed by atoms with Crippen LogP contribution in [0.3, 0.4) is 0 Å². The number of nitrogens with one attached hydrogen (secondary N) is 2. The number of aromatic nitrogens is 1. The van der Waals surface area contributed by atoms with Crippen LogP contribution in [0.4, 0.5) is 0 Å². The molecule has 0 bridgehead atoms. The van der Waals surface area contributed by atoms with Crippen molar-refractivity contribution in [2.75, 3.05) is 26.3 Å². The summed E-state index contributed by atoms with van der Waals surface area (Å²) < 4.78 is 5.70. The molecule has 0 radical (unpaired) electrons. The zero-order valence-electron chi connectivity index (χ0n) is 14.4. The Morgan fingerprint density at radius 1 is 1.20 bits per heavy atom. The van der Waals surface area contributed by atoms with Gasteiger partial charge in [0.25, 0.3) is 0 Å². The van der Waals surface area contributed by atoms with Crippen molar-refractivity contribution in [1.82, 2.24) is 15.6 Å². The molecule has 1 amide bonds. The van der Waals surface area contributed by atoms with Crippen molar-refractivity contribution in [3.63, 3.8) is 0 Å². The predicted molar refractivity (Wildman–Crippen MR) is 97.3 cm³/mol. The van der Waals surface area contributed by atoms with E-state index < -0.39 is 0 Å². The van der Waals surface area contributed by atoms with Gasteiger partial charge in [0.2, 0.25) is 5.91 Å². The largest absolute Gasteiger partial charge is 0.379 e. The van der Waals surface area contributed by atoms with Crippen molar-refractivity contribution < 1.29 is 9.53 Å². The summed E-state index contributed by atoms with van der Waals surface area (Å²) in [6.07, 6.45) is 4.63. The highest BCUT2D eigenvalue weighted by Crippen LogP contribution is 2.24. The van der Waals surface area contributed by atoms with Gasteiger partial charge in [0.05, 0.1) is 24.8 Å². The zero-order valence-corrected chi connectivity index (χ0v) is 14.4. The smallest absolute Gasteiger partial charge is 0.223 e. The molecule has 2 saturated heterocycles.